The van der Waals surface area contributed by atoms with Gasteiger partial charge >= 0.3 is 5.97 Å². The molecule has 3 rings (SSSR count). The maximum Gasteiger partial charge on any atom is 0.303 e. The molecule has 0 amide bonds. The molecular weight excluding hydrogens is 312 g/mol. The summed E-state index contributed by atoms with van der Waals surface area (Å²) < 4.78 is 0. The van der Waals surface area contributed by atoms with Crippen LogP contribution in [0.1, 0.15) is 69.3 Å². The molecule has 0 radical (unpaired) electrons. The van der Waals surface area contributed by atoms with Gasteiger partial charge in [-0.2, -0.15) is 0 Å². The number of hydrogen-bond donors (Lipinski definition) is 2. The van der Waals surface area contributed by atoms with E-state index in [1.54, 1.807) is 0 Å². The van der Waals surface area contributed by atoms with E-state index in [2.05, 4.69) is 17.0 Å². The number of carbonyl (C=O) groups is 1. The van der Waals surface area contributed by atoms with Gasteiger partial charge < -0.3 is 15.7 Å². The molecule has 1 aliphatic carbocycles. The zero-order valence-electron chi connectivity index (χ0n) is 15.2. The minimum absolute atomic E-state index is 0.332. The Bertz CT molecular complexity index is 542. The summed E-state index contributed by atoms with van der Waals surface area (Å²) in [5.41, 5.74) is 8.08. The second kappa shape index (κ2) is 8.70. The Morgan fingerprint density at radius 1 is 1.04 bits per heavy atom. The minimum Gasteiger partial charge on any atom is -0.481 e. The van der Waals surface area contributed by atoms with E-state index in [0.29, 0.717) is 12.3 Å². The fourth-order valence-corrected chi connectivity index (χ4v) is 4.71. The smallest absolute Gasteiger partial charge is 0.303 e. The van der Waals surface area contributed by atoms with Gasteiger partial charge in [-0.05, 0) is 94.0 Å². The predicted octanol–water partition coefficient (Wildman–Crippen LogP) is 4.26. The molecule has 4 nitrogen and oxygen atoms in total. The summed E-state index contributed by atoms with van der Waals surface area (Å²) in [5.74, 6) is 0.782. The maximum absolute atomic E-state index is 10.6. The van der Waals surface area contributed by atoms with E-state index in [1.165, 1.54) is 57.2 Å². The molecule has 3 N–H and O–H groups in total. The van der Waals surface area contributed by atoms with Gasteiger partial charge in [-0.25, -0.2) is 0 Å². The van der Waals surface area contributed by atoms with Crippen molar-refractivity contribution in [1.82, 2.24) is 4.90 Å². The molecule has 4 heteroatoms. The summed E-state index contributed by atoms with van der Waals surface area (Å²) in [6, 6.07) is 9.18. The number of anilines is 1. The van der Waals surface area contributed by atoms with Crippen molar-refractivity contribution < 1.29 is 9.90 Å². The maximum atomic E-state index is 10.6. The van der Waals surface area contributed by atoms with Crippen molar-refractivity contribution in [3.63, 3.8) is 0 Å². The quantitative estimate of drug-likeness (QED) is 0.757. The number of nitrogen functional groups attached to an aromatic ring is 1. The number of piperidine rings is 1. The van der Waals surface area contributed by atoms with Gasteiger partial charge in [0.25, 0.3) is 0 Å². The highest BCUT2D eigenvalue weighted by atomic mass is 16.4. The van der Waals surface area contributed by atoms with Crippen LogP contribution in [0.25, 0.3) is 0 Å². The molecule has 0 unspecified atom stereocenters. The van der Waals surface area contributed by atoms with Crippen molar-refractivity contribution >= 4 is 11.7 Å². The molecule has 0 bridgehead atoms. The molecule has 0 aromatic heterocycles. The molecular formula is C21H32N2O2. The van der Waals surface area contributed by atoms with Crippen LogP contribution >= 0.6 is 0 Å². The van der Waals surface area contributed by atoms with Crippen molar-refractivity contribution in [2.24, 2.45) is 5.92 Å². The van der Waals surface area contributed by atoms with Crippen molar-refractivity contribution in [3.05, 3.63) is 29.8 Å². The second-order valence-electron chi connectivity index (χ2n) is 7.94. The van der Waals surface area contributed by atoms with Crippen LogP contribution in [0.2, 0.25) is 0 Å². The number of benzene rings is 1. The molecule has 138 valence electrons. The van der Waals surface area contributed by atoms with E-state index in [4.69, 9.17) is 10.8 Å². The van der Waals surface area contributed by atoms with Crippen molar-refractivity contribution in [3.8, 4) is 0 Å². The van der Waals surface area contributed by atoms with Gasteiger partial charge in [0.05, 0.1) is 0 Å². The van der Waals surface area contributed by atoms with Crippen LogP contribution < -0.4 is 5.73 Å². The molecule has 1 aliphatic heterocycles. The van der Waals surface area contributed by atoms with Crippen LogP contribution in [-0.4, -0.2) is 35.1 Å². The number of aliphatic carboxylic acids is 1. The van der Waals surface area contributed by atoms with E-state index in [9.17, 15) is 4.79 Å². The van der Waals surface area contributed by atoms with E-state index in [1.807, 2.05) is 12.1 Å². The Morgan fingerprint density at radius 2 is 1.68 bits per heavy atom. The van der Waals surface area contributed by atoms with Gasteiger partial charge in [0.15, 0.2) is 0 Å². The Morgan fingerprint density at radius 3 is 2.28 bits per heavy atom. The van der Waals surface area contributed by atoms with E-state index < -0.39 is 5.97 Å². The summed E-state index contributed by atoms with van der Waals surface area (Å²) in [6.45, 7) is 2.42. The van der Waals surface area contributed by atoms with Crippen LogP contribution in [0, 0.1) is 5.92 Å². The highest BCUT2D eigenvalue weighted by molar-refractivity contribution is 5.66. The van der Waals surface area contributed by atoms with Gasteiger partial charge in [-0.1, -0.05) is 12.1 Å². The van der Waals surface area contributed by atoms with Crippen LogP contribution in [0.3, 0.4) is 0 Å². The summed E-state index contributed by atoms with van der Waals surface area (Å²) in [7, 11) is 0. The number of nitrogens with two attached hydrogens (primary N) is 1. The third-order valence-corrected chi connectivity index (χ3v) is 6.27. The standard InChI is InChI=1S/C21H32N2O2/c22-19-8-6-17(7-9-19)18-12-14-23(15-13-18)20-10-4-16(5-11-20)2-1-3-21(24)25/h6-9,16,18,20H,1-5,10-15,22H2,(H,24,25). The van der Waals surface area contributed by atoms with Crippen LogP contribution in [-0.2, 0) is 4.79 Å². The average molecular weight is 344 g/mol. The van der Waals surface area contributed by atoms with E-state index in [-0.39, 0.29) is 0 Å². The predicted molar refractivity (Wildman–Crippen MR) is 102 cm³/mol. The lowest BCUT2D eigenvalue weighted by Gasteiger charge is -2.41. The number of nitrogens with zero attached hydrogens (tertiary/aromatic N) is 1. The first kappa shape index (κ1) is 18.2. The summed E-state index contributed by atoms with van der Waals surface area (Å²) in [4.78, 5) is 13.3. The lowest BCUT2D eigenvalue weighted by molar-refractivity contribution is -0.137. The molecule has 1 saturated heterocycles. The zero-order chi connectivity index (χ0) is 17.6. The molecule has 2 fully saturated rings. The van der Waals surface area contributed by atoms with E-state index >= 15 is 0 Å². The van der Waals surface area contributed by atoms with E-state index in [0.717, 1.165) is 30.5 Å². The molecule has 1 heterocycles. The highest BCUT2D eigenvalue weighted by Crippen LogP contribution is 2.35. The first-order valence-electron chi connectivity index (χ1n) is 9.93. The Labute approximate surface area is 151 Å². The molecule has 25 heavy (non-hydrogen) atoms. The fraction of sp³-hybridized carbons (Fsp3) is 0.667. The first-order chi connectivity index (χ1) is 12.1. The van der Waals surface area contributed by atoms with Crippen LogP contribution in [0.4, 0.5) is 5.69 Å². The van der Waals surface area contributed by atoms with Crippen LogP contribution in [0.15, 0.2) is 24.3 Å². The Kier molecular flexibility index (Phi) is 6.35. The topological polar surface area (TPSA) is 66.6 Å². The lowest BCUT2D eigenvalue weighted by Crippen LogP contribution is -2.42. The normalized spacial score (nSPS) is 25.8. The van der Waals surface area contributed by atoms with Gasteiger partial charge in [0.1, 0.15) is 0 Å². The zero-order valence-corrected chi connectivity index (χ0v) is 15.2. The summed E-state index contributed by atoms with van der Waals surface area (Å²) >= 11 is 0. The van der Waals surface area contributed by atoms with Crippen LogP contribution in [0.5, 0.6) is 0 Å². The second-order valence-corrected chi connectivity index (χ2v) is 7.94. The molecule has 1 aromatic carbocycles. The first-order valence-corrected chi connectivity index (χ1v) is 9.93. The molecule has 2 aliphatic rings. The minimum atomic E-state index is -0.655. The molecule has 1 saturated carbocycles. The number of carboxylic acids is 1. The van der Waals surface area contributed by atoms with Gasteiger partial charge in [-0.15, -0.1) is 0 Å². The molecule has 0 atom stereocenters. The highest BCUT2D eigenvalue weighted by Gasteiger charge is 2.29. The summed E-state index contributed by atoms with van der Waals surface area (Å²) in [6.07, 6.45) is 9.93. The van der Waals surface area contributed by atoms with Crippen molar-refractivity contribution in [1.29, 1.82) is 0 Å². The SMILES string of the molecule is Nc1ccc(C2CCN(C3CCC(CCCC(=O)O)CC3)CC2)cc1. The third-order valence-electron chi connectivity index (χ3n) is 6.27. The average Bonchev–Trinajstić information content (AvgIpc) is 2.63. The van der Waals surface area contributed by atoms with Gasteiger partial charge in [0, 0.05) is 18.2 Å². The van der Waals surface area contributed by atoms with Gasteiger partial charge in [0.2, 0.25) is 0 Å². The monoisotopic (exact) mass is 344 g/mol. The summed E-state index contributed by atoms with van der Waals surface area (Å²) in [5, 5.41) is 8.76. The van der Waals surface area contributed by atoms with Crippen molar-refractivity contribution in [2.45, 2.75) is 69.7 Å². The van der Waals surface area contributed by atoms with Crippen molar-refractivity contribution in [2.75, 3.05) is 18.8 Å². The van der Waals surface area contributed by atoms with Gasteiger partial charge in [-0.3, -0.25) is 4.79 Å². The number of rotatable bonds is 6. The Balaban J connectivity index is 1.39. The largest absolute Gasteiger partial charge is 0.481 e. The molecule has 0 spiro atoms. The third kappa shape index (κ3) is 5.21. The fourth-order valence-electron chi connectivity index (χ4n) is 4.71. The molecule has 1 aromatic rings. The number of carboxylic acid groups (broad SMARTS) is 1. The number of hydrogen-bond acceptors (Lipinski definition) is 3. The number of likely N-dealkylation sites (tertiary alicyclic amines) is 1. The Hall–Kier alpha value is -1.55. The lowest BCUT2D eigenvalue weighted by atomic mass is 9.81.